The number of hydrogen-bond donors (Lipinski definition) is 0. The summed E-state index contributed by atoms with van der Waals surface area (Å²) < 4.78 is 15.9. The van der Waals surface area contributed by atoms with Gasteiger partial charge in [0.1, 0.15) is 6.61 Å². The molecule has 3 heteroatoms. The quantitative estimate of drug-likeness (QED) is 0.572. The van der Waals surface area contributed by atoms with Crippen molar-refractivity contribution in [3.05, 3.63) is 12.7 Å². The van der Waals surface area contributed by atoms with Crippen LogP contribution in [0.25, 0.3) is 0 Å². The highest BCUT2D eigenvalue weighted by Crippen LogP contribution is 2.16. The predicted molar refractivity (Wildman–Crippen MR) is 41.3 cm³/mol. The minimum Gasteiger partial charge on any atom is -0.373 e. The van der Waals surface area contributed by atoms with Crippen molar-refractivity contribution >= 4 is 0 Å². The standard InChI is InChI=1S/C8H14O3/c1-3-4-10-8(2)7-9-5-6-11-8/h3H,1,4-7H2,2H3. The Kier molecular flexibility index (Phi) is 3.05. The van der Waals surface area contributed by atoms with Crippen LogP contribution in [-0.2, 0) is 14.2 Å². The second kappa shape index (κ2) is 3.85. The average Bonchev–Trinajstić information content (AvgIpc) is 2.03. The summed E-state index contributed by atoms with van der Waals surface area (Å²) in [4.78, 5) is 0. The Labute approximate surface area is 66.9 Å². The molecule has 11 heavy (non-hydrogen) atoms. The largest absolute Gasteiger partial charge is 0.373 e. The van der Waals surface area contributed by atoms with E-state index in [9.17, 15) is 0 Å². The smallest absolute Gasteiger partial charge is 0.189 e. The zero-order chi connectivity index (χ0) is 8.16. The molecule has 0 radical (unpaired) electrons. The Morgan fingerprint density at radius 1 is 1.64 bits per heavy atom. The Hall–Kier alpha value is -0.380. The second-order valence-corrected chi connectivity index (χ2v) is 2.63. The summed E-state index contributed by atoms with van der Waals surface area (Å²) in [7, 11) is 0. The lowest BCUT2D eigenvalue weighted by atomic mass is 10.3. The van der Waals surface area contributed by atoms with Crippen LogP contribution in [0.3, 0.4) is 0 Å². The topological polar surface area (TPSA) is 27.7 Å². The first-order valence-electron chi connectivity index (χ1n) is 3.73. The molecule has 1 saturated heterocycles. The molecule has 1 heterocycles. The molecule has 3 nitrogen and oxygen atoms in total. The van der Waals surface area contributed by atoms with Crippen molar-refractivity contribution in [2.75, 3.05) is 26.4 Å². The molecule has 64 valence electrons. The van der Waals surface area contributed by atoms with Gasteiger partial charge in [-0.3, -0.25) is 0 Å². The van der Waals surface area contributed by atoms with Gasteiger partial charge in [-0.1, -0.05) is 6.08 Å². The first kappa shape index (κ1) is 8.71. The molecule has 0 N–H and O–H groups in total. The fraction of sp³-hybridized carbons (Fsp3) is 0.750. The van der Waals surface area contributed by atoms with Gasteiger partial charge in [0.05, 0.1) is 19.8 Å². The molecular formula is C8H14O3. The van der Waals surface area contributed by atoms with E-state index in [1.807, 2.05) is 6.92 Å². The van der Waals surface area contributed by atoms with Gasteiger partial charge < -0.3 is 14.2 Å². The van der Waals surface area contributed by atoms with Crippen molar-refractivity contribution in [2.24, 2.45) is 0 Å². The molecule has 0 aliphatic carbocycles. The van der Waals surface area contributed by atoms with Crippen molar-refractivity contribution in [3.63, 3.8) is 0 Å². The number of hydrogen-bond acceptors (Lipinski definition) is 3. The lowest BCUT2D eigenvalue weighted by molar-refractivity contribution is -0.278. The van der Waals surface area contributed by atoms with Gasteiger partial charge in [-0.15, -0.1) is 6.58 Å². The third kappa shape index (κ3) is 2.61. The van der Waals surface area contributed by atoms with Crippen LogP contribution in [0.4, 0.5) is 0 Å². The summed E-state index contributed by atoms with van der Waals surface area (Å²) in [6.45, 7) is 7.69. The Bertz CT molecular complexity index is 127. The van der Waals surface area contributed by atoms with Crippen LogP contribution in [0.5, 0.6) is 0 Å². The van der Waals surface area contributed by atoms with Crippen LogP contribution in [0.1, 0.15) is 6.92 Å². The molecule has 1 aliphatic heterocycles. The molecule has 1 rings (SSSR count). The molecule has 0 spiro atoms. The van der Waals surface area contributed by atoms with E-state index < -0.39 is 5.79 Å². The van der Waals surface area contributed by atoms with E-state index in [-0.39, 0.29) is 0 Å². The number of rotatable bonds is 3. The van der Waals surface area contributed by atoms with E-state index in [4.69, 9.17) is 14.2 Å². The lowest BCUT2D eigenvalue weighted by Crippen LogP contribution is -2.42. The number of ether oxygens (including phenoxy) is 3. The average molecular weight is 158 g/mol. The van der Waals surface area contributed by atoms with E-state index in [1.165, 1.54) is 0 Å². The fourth-order valence-corrected chi connectivity index (χ4v) is 0.934. The predicted octanol–water partition coefficient (Wildman–Crippen LogP) is 0.952. The molecule has 0 saturated carbocycles. The SMILES string of the molecule is C=CCOC1(C)COCCO1. The Morgan fingerprint density at radius 3 is 3.00 bits per heavy atom. The van der Waals surface area contributed by atoms with Gasteiger partial charge in [0.2, 0.25) is 0 Å². The Morgan fingerprint density at radius 2 is 2.45 bits per heavy atom. The van der Waals surface area contributed by atoms with Gasteiger partial charge >= 0.3 is 0 Å². The summed E-state index contributed by atoms with van der Waals surface area (Å²) in [6, 6.07) is 0. The lowest BCUT2D eigenvalue weighted by Gasteiger charge is -2.32. The van der Waals surface area contributed by atoms with E-state index in [0.29, 0.717) is 26.4 Å². The van der Waals surface area contributed by atoms with Gasteiger partial charge in [-0.25, -0.2) is 0 Å². The third-order valence-corrected chi connectivity index (χ3v) is 1.51. The van der Waals surface area contributed by atoms with Crippen molar-refractivity contribution < 1.29 is 14.2 Å². The van der Waals surface area contributed by atoms with Crippen LogP contribution in [0, 0.1) is 0 Å². The van der Waals surface area contributed by atoms with Crippen LogP contribution < -0.4 is 0 Å². The minimum absolute atomic E-state index is 0.500. The molecule has 0 aromatic rings. The minimum atomic E-state index is -0.563. The molecule has 0 aromatic heterocycles. The summed E-state index contributed by atoms with van der Waals surface area (Å²) in [5.74, 6) is -0.563. The molecule has 0 aromatic carbocycles. The fourth-order valence-electron chi connectivity index (χ4n) is 0.934. The van der Waals surface area contributed by atoms with Crippen molar-refractivity contribution in [3.8, 4) is 0 Å². The van der Waals surface area contributed by atoms with Crippen molar-refractivity contribution in [1.29, 1.82) is 0 Å². The van der Waals surface area contributed by atoms with Gasteiger partial charge in [-0.2, -0.15) is 0 Å². The van der Waals surface area contributed by atoms with Crippen molar-refractivity contribution in [2.45, 2.75) is 12.7 Å². The summed E-state index contributed by atoms with van der Waals surface area (Å²) >= 11 is 0. The van der Waals surface area contributed by atoms with Gasteiger partial charge in [0, 0.05) is 0 Å². The monoisotopic (exact) mass is 158 g/mol. The molecule has 1 fully saturated rings. The zero-order valence-corrected chi connectivity index (χ0v) is 6.84. The van der Waals surface area contributed by atoms with Gasteiger partial charge in [0.25, 0.3) is 0 Å². The molecule has 1 unspecified atom stereocenters. The highest BCUT2D eigenvalue weighted by molar-refractivity contribution is 4.71. The summed E-state index contributed by atoms with van der Waals surface area (Å²) in [5, 5.41) is 0. The maximum Gasteiger partial charge on any atom is 0.189 e. The molecule has 1 atom stereocenters. The first-order chi connectivity index (χ1) is 5.27. The summed E-state index contributed by atoms with van der Waals surface area (Å²) in [6.07, 6.45) is 1.70. The molecule has 0 amide bonds. The van der Waals surface area contributed by atoms with Crippen LogP contribution in [0.15, 0.2) is 12.7 Å². The van der Waals surface area contributed by atoms with Crippen molar-refractivity contribution in [1.82, 2.24) is 0 Å². The highest BCUT2D eigenvalue weighted by atomic mass is 16.7. The summed E-state index contributed by atoms with van der Waals surface area (Å²) in [5.41, 5.74) is 0. The molecule has 0 bridgehead atoms. The normalized spacial score (nSPS) is 31.7. The maximum absolute atomic E-state index is 5.37. The van der Waals surface area contributed by atoms with E-state index >= 15 is 0 Å². The molecule has 1 aliphatic rings. The van der Waals surface area contributed by atoms with Gasteiger partial charge in [-0.05, 0) is 6.92 Å². The van der Waals surface area contributed by atoms with Crippen LogP contribution in [-0.4, -0.2) is 32.2 Å². The van der Waals surface area contributed by atoms with Gasteiger partial charge in [0.15, 0.2) is 5.79 Å². The highest BCUT2D eigenvalue weighted by Gasteiger charge is 2.28. The van der Waals surface area contributed by atoms with E-state index in [0.717, 1.165) is 0 Å². The van der Waals surface area contributed by atoms with Crippen LogP contribution >= 0.6 is 0 Å². The maximum atomic E-state index is 5.37. The second-order valence-electron chi connectivity index (χ2n) is 2.63. The third-order valence-electron chi connectivity index (χ3n) is 1.51. The van der Waals surface area contributed by atoms with E-state index in [1.54, 1.807) is 6.08 Å². The Balaban J connectivity index is 2.30. The first-order valence-corrected chi connectivity index (χ1v) is 3.73. The zero-order valence-electron chi connectivity index (χ0n) is 6.84. The van der Waals surface area contributed by atoms with Crippen LogP contribution in [0.2, 0.25) is 0 Å². The molecular weight excluding hydrogens is 144 g/mol. The van der Waals surface area contributed by atoms with E-state index in [2.05, 4.69) is 6.58 Å².